The smallest absolute Gasteiger partial charge is 0.338 e. The number of carbonyl (C=O) groups excluding carboxylic acids is 3. The van der Waals surface area contributed by atoms with Crippen LogP contribution in [0.5, 0.6) is 0 Å². The first-order valence-corrected chi connectivity index (χ1v) is 8.80. The van der Waals surface area contributed by atoms with Crippen molar-refractivity contribution in [3.8, 4) is 0 Å². The van der Waals surface area contributed by atoms with Crippen LogP contribution in [0.4, 0.5) is 19.3 Å². The molecule has 3 amide bonds. The van der Waals surface area contributed by atoms with Crippen LogP contribution in [-0.4, -0.2) is 30.6 Å². The molecule has 0 aliphatic rings. The lowest BCUT2D eigenvalue weighted by atomic mass is 10.1. The van der Waals surface area contributed by atoms with Gasteiger partial charge in [0.2, 0.25) is 0 Å². The van der Waals surface area contributed by atoms with Crippen molar-refractivity contribution in [1.82, 2.24) is 10.6 Å². The molecule has 7 nitrogen and oxygen atoms in total. The fourth-order valence-corrected chi connectivity index (χ4v) is 2.25. The van der Waals surface area contributed by atoms with Gasteiger partial charge in [-0.15, -0.1) is 0 Å². The Morgan fingerprint density at radius 3 is 2.38 bits per heavy atom. The van der Waals surface area contributed by atoms with Gasteiger partial charge >= 0.3 is 12.0 Å². The van der Waals surface area contributed by atoms with E-state index in [1.807, 2.05) is 13.8 Å². The normalized spacial score (nSPS) is 10.4. The zero-order valence-electron chi connectivity index (χ0n) is 15.9. The molecule has 0 radical (unpaired) electrons. The van der Waals surface area contributed by atoms with Gasteiger partial charge in [-0.05, 0) is 43.7 Å². The zero-order chi connectivity index (χ0) is 21.4. The maximum atomic E-state index is 13.5. The van der Waals surface area contributed by atoms with E-state index in [1.54, 1.807) is 12.1 Å². The minimum absolute atomic E-state index is 0.0155. The molecule has 0 unspecified atom stereocenters. The standard InChI is InChI=1S/C20H21F2N3O4/c1-12(2)24-20(28)23-10-13-3-5-14(6-4-13)19(27)29-11-18(26)25-17-9-15(21)7-8-16(17)22/h3-9,12H,10-11H2,1-2H3,(H,25,26)(H2,23,24,28). The number of rotatable bonds is 7. The number of hydrogen-bond acceptors (Lipinski definition) is 4. The van der Waals surface area contributed by atoms with Crippen molar-refractivity contribution in [2.75, 3.05) is 11.9 Å². The molecule has 0 heterocycles. The van der Waals surface area contributed by atoms with Crippen molar-refractivity contribution >= 4 is 23.6 Å². The van der Waals surface area contributed by atoms with E-state index in [0.29, 0.717) is 0 Å². The molecule has 154 valence electrons. The average molecular weight is 405 g/mol. The molecule has 3 N–H and O–H groups in total. The molecule has 9 heteroatoms. The predicted molar refractivity (Wildman–Crippen MR) is 102 cm³/mol. The Balaban J connectivity index is 1.82. The molecule has 0 fully saturated rings. The summed E-state index contributed by atoms with van der Waals surface area (Å²) in [5.41, 5.74) is 0.620. The molecule has 2 rings (SSSR count). The van der Waals surface area contributed by atoms with Crippen LogP contribution >= 0.6 is 0 Å². The van der Waals surface area contributed by atoms with Gasteiger partial charge in [-0.2, -0.15) is 0 Å². The van der Waals surface area contributed by atoms with Gasteiger partial charge in [-0.1, -0.05) is 12.1 Å². The van der Waals surface area contributed by atoms with E-state index >= 15 is 0 Å². The minimum atomic E-state index is -0.808. The Hall–Kier alpha value is -3.49. The van der Waals surface area contributed by atoms with Gasteiger partial charge in [-0.25, -0.2) is 18.4 Å². The summed E-state index contributed by atoms with van der Waals surface area (Å²) >= 11 is 0. The fraction of sp³-hybridized carbons (Fsp3) is 0.250. The second-order valence-corrected chi connectivity index (χ2v) is 6.43. The van der Waals surface area contributed by atoms with Crippen molar-refractivity contribution < 1.29 is 27.9 Å². The summed E-state index contributed by atoms with van der Waals surface area (Å²) in [6.45, 7) is 3.30. The molecule has 0 atom stereocenters. The number of amides is 3. The predicted octanol–water partition coefficient (Wildman–Crippen LogP) is 2.97. The first kappa shape index (κ1) is 21.8. The Kier molecular flexibility index (Phi) is 7.64. The summed E-state index contributed by atoms with van der Waals surface area (Å²) in [4.78, 5) is 35.3. The van der Waals surface area contributed by atoms with Crippen LogP contribution in [0.25, 0.3) is 0 Å². The highest BCUT2D eigenvalue weighted by Gasteiger charge is 2.13. The highest BCUT2D eigenvalue weighted by atomic mass is 19.1. The Labute approximate surface area is 166 Å². The molecule has 0 aliphatic heterocycles. The highest BCUT2D eigenvalue weighted by molar-refractivity contribution is 5.95. The molecule has 2 aromatic rings. The van der Waals surface area contributed by atoms with Gasteiger partial charge in [0.15, 0.2) is 6.61 Å². The number of hydrogen-bond donors (Lipinski definition) is 3. The summed E-state index contributed by atoms with van der Waals surface area (Å²) in [5, 5.41) is 7.49. The molecular weight excluding hydrogens is 384 g/mol. The van der Waals surface area contributed by atoms with Gasteiger partial charge in [0.25, 0.3) is 5.91 Å². The van der Waals surface area contributed by atoms with E-state index < -0.39 is 30.1 Å². The molecule has 0 aromatic heterocycles. The van der Waals surface area contributed by atoms with E-state index in [0.717, 1.165) is 23.8 Å². The van der Waals surface area contributed by atoms with Gasteiger partial charge < -0.3 is 20.7 Å². The SMILES string of the molecule is CC(C)NC(=O)NCc1ccc(C(=O)OCC(=O)Nc2cc(F)ccc2F)cc1. The number of anilines is 1. The molecule has 0 aliphatic carbocycles. The number of urea groups is 1. The summed E-state index contributed by atoms with van der Waals surface area (Å²) < 4.78 is 31.4. The first-order chi connectivity index (χ1) is 13.7. The molecule has 0 spiro atoms. The molecule has 0 saturated carbocycles. The number of nitrogens with one attached hydrogen (secondary N) is 3. The number of carbonyl (C=O) groups is 3. The lowest BCUT2D eigenvalue weighted by Crippen LogP contribution is -2.39. The lowest BCUT2D eigenvalue weighted by molar-refractivity contribution is -0.119. The van der Waals surface area contributed by atoms with Crippen LogP contribution in [0, 0.1) is 11.6 Å². The topological polar surface area (TPSA) is 96.5 Å². The van der Waals surface area contributed by atoms with Crippen molar-refractivity contribution in [3.63, 3.8) is 0 Å². The second kappa shape index (κ2) is 10.2. The first-order valence-electron chi connectivity index (χ1n) is 8.80. The summed E-state index contributed by atoms with van der Waals surface area (Å²) in [7, 11) is 0. The maximum Gasteiger partial charge on any atom is 0.338 e. The Bertz CT molecular complexity index is 886. The third-order valence-electron chi connectivity index (χ3n) is 3.60. The van der Waals surface area contributed by atoms with Crippen molar-refractivity contribution in [2.45, 2.75) is 26.4 Å². The minimum Gasteiger partial charge on any atom is -0.452 e. The molecule has 2 aromatic carbocycles. The van der Waals surface area contributed by atoms with Crippen LogP contribution in [0.15, 0.2) is 42.5 Å². The second-order valence-electron chi connectivity index (χ2n) is 6.43. The van der Waals surface area contributed by atoms with Crippen molar-refractivity contribution in [1.29, 1.82) is 0 Å². The fourth-order valence-electron chi connectivity index (χ4n) is 2.25. The summed E-state index contributed by atoms with van der Waals surface area (Å²) in [5.74, 6) is -3.08. The number of halogens is 2. The van der Waals surface area contributed by atoms with Gasteiger partial charge in [0.1, 0.15) is 11.6 Å². The third kappa shape index (κ3) is 7.21. The molecular formula is C20H21F2N3O4. The molecule has 0 saturated heterocycles. The summed E-state index contributed by atoms with van der Waals surface area (Å²) in [6.07, 6.45) is 0. The van der Waals surface area contributed by atoms with E-state index in [2.05, 4.69) is 16.0 Å². The lowest BCUT2D eigenvalue weighted by Gasteiger charge is -2.10. The van der Waals surface area contributed by atoms with E-state index in [-0.39, 0.29) is 29.9 Å². The van der Waals surface area contributed by atoms with Crippen LogP contribution < -0.4 is 16.0 Å². The largest absolute Gasteiger partial charge is 0.452 e. The average Bonchev–Trinajstić information content (AvgIpc) is 2.67. The van der Waals surface area contributed by atoms with Crippen molar-refractivity contribution in [3.05, 3.63) is 65.2 Å². The number of esters is 1. The summed E-state index contributed by atoms with van der Waals surface area (Å²) in [6, 6.07) is 8.58. The van der Waals surface area contributed by atoms with Gasteiger partial charge in [-0.3, -0.25) is 4.79 Å². The maximum absolute atomic E-state index is 13.5. The highest BCUT2D eigenvalue weighted by Crippen LogP contribution is 2.15. The third-order valence-corrected chi connectivity index (χ3v) is 3.60. The molecule has 29 heavy (non-hydrogen) atoms. The van der Waals surface area contributed by atoms with Crippen LogP contribution in [0.3, 0.4) is 0 Å². The van der Waals surface area contributed by atoms with Gasteiger partial charge in [0.05, 0.1) is 11.3 Å². The van der Waals surface area contributed by atoms with Crippen LogP contribution in [0.2, 0.25) is 0 Å². The van der Waals surface area contributed by atoms with E-state index in [9.17, 15) is 23.2 Å². The quantitative estimate of drug-likeness (QED) is 0.617. The van der Waals surface area contributed by atoms with E-state index in [1.165, 1.54) is 12.1 Å². The Morgan fingerprint density at radius 2 is 1.72 bits per heavy atom. The van der Waals surface area contributed by atoms with E-state index in [4.69, 9.17) is 4.74 Å². The zero-order valence-corrected chi connectivity index (χ0v) is 15.9. The molecule has 0 bridgehead atoms. The monoisotopic (exact) mass is 405 g/mol. The number of ether oxygens (including phenoxy) is 1. The van der Waals surface area contributed by atoms with Crippen molar-refractivity contribution in [2.24, 2.45) is 0 Å². The van der Waals surface area contributed by atoms with Gasteiger partial charge in [0, 0.05) is 18.7 Å². The van der Waals surface area contributed by atoms with Crippen LogP contribution in [0.1, 0.15) is 29.8 Å². The van der Waals surface area contributed by atoms with Crippen LogP contribution in [-0.2, 0) is 16.1 Å². The number of benzene rings is 2. The Morgan fingerprint density at radius 1 is 1.03 bits per heavy atom.